The van der Waals surface area contributed by atoms with Gasteiger partial charge in [0.25, 0.3) is 5.91 Å². The lowest BCUT2D eigenvalue weighted by Crippen LogP contribution is -2.43. The summed E-state index contributed by atoms with van der Waals surface area (Å²) in [5, 5.41) is 3.43. The number of likely N-dealkylation sites (tertiary alicyclic amines) is 1. The third kappa shape index (κ3) is 2.66. The molecule has 108 valence electrons. The van der Waals surface area contributed by atoms with Gasteiger partial charge in [0, 0.05) is 18.7 Å². The average Bonchev–Trinajstić information content (AvgIpc) is 2.95. The van der Waals surface area contributed by atoms with Gasteiger partial charge in [-0.3, -0.25) is 4.79 Å². The Hall–Kier alpha value is -1.55. The van der Waals surface area contributed by atoms with Crippen LogP contribution >= 0.6 is 0 Å². The Morgan fingerprint density at radius 2 is 2.05 bits per heavy atom. The summed E-state index contributed by atoms with van der Waals surface area (Å²) in [4.78, 5) is 14.5. The van der Waals surface area contributed by atoms with Crippen LogP contribution in [0, 0.1) is 11.8 Å². The molecule has 2 aliphatic heterocycles. The van der Waals surface area contributed by atoms with Crippen LogP contribution in [0.1, 0.15) is 23.7 Å². The molecule has 2 heterocycles. The van der Waals surface area contributed by atoms with Gasteiger partial charge in [-0.2, -0.15) is 0 Å². The first-order valence-electron chi connectivity index (χ1n) is 7.50. The molecule has 0 aliphatic carbocycles. The number of hydrogen-bond acceptors (Lipinski definition) is 3. The summed E-state index contributed by atoms with van der Waals surface area (Å²) in [5.41, 5.74) is 0.762. The molecule has 1 aromatic carbocycles. The van der Waals surface area contributed by atoms with Crippen molar-refractivity contribution in [1.29, 1.82) is 0 Å². The molecule has 0 saturated carbocycles. The summed E-state index contributed by atoms with van der Waals surface area (Å²) in [6.07, 6.45) is 1.13. The van der Waals surface area contributed by atoms with E-state index >= 15 is 0 Å². The third-order valence-electron chi connectivity index (χ3n) is 4.40. The van der Waals surface area contributed by atoms with E-state index in [0.717, 1.165) is 49.8 Å². The first-order valence-corrected chi connectivity index (χ1v) is 7.50. The van der Waals surface area contributed by atoms with Crippen molar-refractivity contribution in [1.82, 2.24) is 10.2 Å². The van der Waals surface area contributed by atoms with E-state index in [1.165, 1.54) is 0 Å². The lowest BCUT2D eigenvalue weighted by atomic mass is 9.88. The van der Waals surface area contributed by atoms with Crippen LogP contribution in [0.3, 0.4) is 0 Å². The molecule has 4 nitrogen and oxygen atoms in total. The predicted molar refractivity (Wildman–Crippen MR) is 78.0 cm³/mol. The van der Waals surface area contributed by atoms with Gasteiger partial charge >= 0.3 is 0 Å². The van der Waals surface area contributed by atoms with Crippen LogP contribution in [-0.4, -0.2) is 43.6 Å². The molecule has 1 aromatic rings. The van der Waals surface area contributed by atoms with Crippen molar-refractivity contribution in [3.05, 3.63) is 29.8 Å². The van der Waals surface area contributed by atoms with Gasteiger partial charge in [-0.1, -0.05) is 0 Å². The zero-order valence-corrected chi connectivity index (χ0v) is 12.0. The van der Waals surface area contributed by atoms with Crippen LogP contribution in [0.4, 0.5) is 0 Å². The van der Waals surface area contributed by atoms with Crippen molar-refractivity contribution in [3.63, 3.8) is 0 Å². The second-order valence-electron chi connectivity index (χ2n) is 5.68. The molecule has 1 N–H and O–H groups in total. The lowest BCUT2D eigenvalue weighted by Gasteiger charge is -2.34. The number of piperidine rings is 1. The summed E-state index contributed by atoms with van der Waals surface area (Å²) in [5.74, 6) is 2.37. The lowest BCUT2D eigenvalue weighted by molar-refractivity contribution is 0.0642. The number of fused-ring (bicyclic) bond motifs is 1. The Morgan fingerprint density at radius 3 is 2.80 bits per heavy atom. The van der Waals surface area contributed by atoms with Gasteiger partial charge in [0.1, 0.15) is 5.75 Å². The van der Waals surface area contributed by atoms with Gasteiger partial charge < -0.3 is 15.0 Å². The zero-order valence-electron chi connectivity index (χ0n) is 12.0. The fourth-order valence-electron chi connectivity index (χ4n) is 3.26. The molecule has 2 atom stereocenters. The maximum Gasteiger partial charge on any atom is 0.253 e. The Balaban J connectivity index is 1.66. The summed E-state index contributed by atoms with van der Waals surface area (Å²) >= 11 is 0. The molecule has 0 bridgehead atoms. The largest absolute Gasteiger partial charge is 0.494 e. The maximum atomic E-state index is 12.5. The third-order valence-corrected chi connectivity index (χ3v) is 4.40. The zero-order chi connectivity index (χ0) is 13.9. The van der Waals surface area contributed by atoms with Crippen molar-refractivity contribution < 1.29 is 9.53 Å². The molecule has 0 spiro atoms. The van der Waals surface area contributed by atoms with Crippen LogP contribution in [-0.2, 0) is 0 Å². The number of ether oxygens (including phenoxy) is 1. The van der Waals surface area contributed by atoms with Crippen molar-refractivity contribution in [2.45, 2.75) is 13.3 Å². The van der Waals surface area contributed by atoms with Gasteiger partial charge in [-0.15, -0.1) is 0 Å². The number of amides is 1. The maximum absolute atomic E-state index is 12.5. The van der Waals surface area contributed by atoms with Crippen molar-refractivity contribution in [2.75, 3.05) is 32.8 Å². The van der Waals surface area contributed by atoms with Crippen molar-refractivity contribution >= 4 is 5.91 Å². The second-order valence-corrected chi connectivity index (χ2v) is 5.68. The SMILES string of the molecule is CCOc1ccc(C(=O)N2CCC3CNCC3C2)cc1. The molecule has 2 aliphatic rings. The van der Waals surface area contributed by atoms with Crippen LogP contribution in [0.15, 0.2) is 24.3 Å². The monoisotopic (exact) mass is 274 g/mol. The molecule has 4 heteroatoms. The van der Waals surface area contributed by atoms with Crippen molar-refractivity contribution in [3.8, 4) is 5.75 Å². The molecule has 2 unspecified atom stereocenters. The summed E-state index contributed by atoms with van der Waals surface area (Å²) in [6.45, 7) is 6.56. The average molecular weight is 274 g/mol. The Morgan fingerprint density at radius 1 is 1.30 bits per heavy atom. The van der Waals surface area contributed by atoms with Gasteiger partial charge in [0.2, 0.25) is 0 Å². The molecule has 20 heavy (non-hydrogen) atoms. The molecular formula is C16H22N2O2. The van der Waals surface area contributed by atoms with Gasteiger partial charge in [-0.05, 0) is 62.5 Å². The summed E-state index contributed by atoms with van der Waals surface area (Å²) in [7, 11) is 0. The van der Waals surface area contributed by atoms with Gasteiger partial charge in [0.15, 0.2) is 0 Å². The molecule has 2 saturated heterocycles. The van der Waals surface area contributed by atoms with Crippen LogP contribution < -0.4 is 10.1 Å². The minimum atomic E-state index is 0.151. The van der Waals surface area contributed by atoms with Crippen molar-refractivity contribution in [2.24, 2.45) is 11.8 Å². The molecule has 2 fully saturated rings. The van der Waals surface area contributed by atoms with E-state index in [2.05, 4.69) is 5.32 Å². The highest BCUT2D eigenvalue weighted by Crippen LogP contribution is 2.27. The van der Waals surface area contributed by atoms with Crippen LogP contribution in [0.25, 0.3) is 0 Å². The fourth-order valence-corrected chi connectivity index (χ4v) is 3.26. The number of carbonyl (C=O) groups is 1. The summed E-state index contributed by atoms with van der Waals surface area (Å²) in [6, 6.07) is 7.49. The van der Waals surface area contributed by atoms with E-state index in [-0.39, 0.29) is 5.91 Å². The first-order chi connectivity index (χ1) is 9.78. The van der Waals surface area contributed by atoms with Crippen LogP contribution in [0.2, 0.25) is 0 Å². The number of carbonyl (C=O) groups excluding carboxylic acids is 1. The minimum Gasteiger partial charge on any atom is -0.494 e. The van der Waals surface area contributed by atoms with E-state index in [4.69, 9.17) is 4.74 Å². The topological polar surface area (TPSA) is 41.6 Å². The normalized spacial score (nSPS) is 25.4. The molecule has 3 rings (SSSR count). The number of rotatable bonds is 3. The number of nitrogens with zero attached hydrogens (tertiary/aromatic N) is 1. The highest BCUT2D eigenvalue weighted by atomic mass is 16.5. The van der Waals surface area contributed by atoms with E-state index in [1.54, 1.807) is 0 Å². The highest BCUT2D eigenvalue weighted by molar-refractivity contribution is 5.94. The van der Waals surface area contributed by atoms with Crippen LogP contribution in [0.5, 0.6) is 5.75 Å². The number of nitrogens with one attached hydrogen (secondary N) is 1. The summed E-state index contributed by atoms with van der Waals surface area (Å²) < 4.78 is 5.41. The number of hydrogen-bond donors (Lipinski definition) is 1. The van der Waals surface area contributed by atoms with E-state index < -0.39 is 0 Å². The minimum absolute atomic E-state index is 0.151. The Kier molecular flexibility index (Phi) is 3.92. The standard InChI is InChI=1S/C16H22N2O2/c1-2-20-15-5-3-12(4-6-15)16(19)18-8-7-13-9-17-10-14(13)11-18/h3-6,13-14,17H,2,7-11H2,1H3. The van der Waals surface area contributed by atoms with E-state index in [0.29, 0.717) is 12.5 Å². The fraction of sp³-hybridized carbons (Fsp3) is 0.562. The van der Waals surface area contributed by atoms with Gasteiger partial charge in [-0.25, -0.2) is 0 Å². The first kappa shape index (κ1) is 13.4. The van der Waals surface area contributed by atoms with E-state index in [9.17, 15) is 4.79 Å². The molecule has 1 amide bonds. The highest BCUT2D eigenvalue weighted by Gasteiger charge is 2.34. The Labute approximate surface area is 120 Å². The smallest absolute Gasteiger partial charge is 0.253 e. The Bertz CT molecular complexity index is 472. The molecule has 0 radical (unpaired) electrons. The number of benzene rings is 1. The quantitative estimate of drug-likeness (QED) is 0.913. The van der Waals surface area contributed by atoms with E-state index in [1.807, 2.05) is 36.1 Å². The molecular weight excluding hydrogens is 252 g/mol. The van der Waals surface area contributed by atoms with Gasteiger partial charge in [0.05, 0.1) is 6.61 Å². The second kappa shape index (κ2) is 5.83. The molecule has 0 aromatic heterocycles. The predicted octanol–water partition coefficient (Wildman–Crippen LogP) is 1.77.